The van der Waals surface area contributed by atoms with Crippen molar-refractivity contribution in [3.05, 3.63) is 21.6 Å². The van der Waals surface area contributed by atoms with E-state index in [1.165, 1.54) is 12.1 Å². The van der Waals surface area contributed by atoms with Gasteiger partial charge in [-0.15, -0.1) is 0 Å². The van der Waals surface area contributed by atoms with Crippen molar-refractivity contribution < 1.29 is 18.3 Å². The molecule has 0 amide bonds. The zero-order chi connectivity index (χ0) is 14.8. The molecule has 0 bridgehead atoms. The van der Waals surface area contributed by atoms with Crippen molar-refractivity contribution in [2.45, 2.75) is 25.4 Å². The zero-order valence-electron chi connectivity index (χ0n) is 10.6. The molecule has 1 aliphatic rings. The van der Waals surface area contributed by atoms with Gasteiger partial charge in [-0.1, -0.05) is 27.5 Å². The van der Waals surface area contributed by atoms with Crippen LogP contribution in [0.4, 0.5) is 5.69 Å². The standard InChI is InChI=1S/C12H15BrClNO4S/c13-8-5-10(14)12(11(16)6-8)15-20(17,18)7-9-3-1-2-4-19-9/h5-6,9,15-16H,1-4,7H2. The number of nitrogens with one attached hydrogen (secondary N) is 1. The number of ether oxygens (including phenoxy) is 1. The first-order valence-electron chi connectivity index (χ1n) is 6.17. The van der Waals surface area contributed by atoms with E-state index in [1.807, 2.05) is 0 Å². The predicted molar refractivity (Wildman–Crippen MR) is 81.8 cm³/mol. The summed E-state index contributed by atoms with van der Waals surface area (Å²) in [6, 6.07) is 2.89. The summed E-state index contributed by atoms with van der Waals surface area (Å²) in [5.41, 5.74) is -0.00863. The second-order valence-corrected chi connectivity index (χ2v) is 7.74. The van der Waals surface area contributed by atoms with Gasteiger partial charge < -0.3 is 9.84 Å². The molecule has 1 fully saturated rings. The summed E-state index contributed by atoms with van der Waals surface area (Å²) in [5, 5.41) is 9.90. The van der Waals surface area contributed by atoms with E-state index in [4.69, 9.17) is 16.3 Å². The van der Waals surface area contributed by atoms with Crippen LogP contribution in [0.25, 0.3) is 0 Å². The Morgan fingerprint density at radius 2 is 2.20 bits per heavy atom. The lowest BCUT2D eigenvalue weighted by Gasteiger charge is -2.22. The van der Waals surface area contributed by atoms with E-state index in [0.29, 0.717) is 11.1 Å². The summed E-state index contributed by atoms with van der Waals surface area (Å²) in [6.45, 7) is 0.588. The number of halogens is 2. The van der Waals surface area contributed by atoms with Crippen molar-refractivity contribution in [1.29, 1.82) is 0 Å². The molecular weight excluding hydrogens is 370 g/mol. The molecule has 1 unspecified atom stereocenters. The molecule has 1 saturated heterocycles. The maximum absolute atomic E-state index is 12.1. The van der Waals surface area contributed by atoms with Gasteiger partial charge in [0.05, 0.1) is 16.9 Å². The number of anilines is 1. The highest BCUT2D eigenvalue weighted by Gasteiger charge is 2.23. The molecule has 0 aromatic heterocycles. The Morgan fingerprint density at radius 1 is 1.45 bits per heavy atom. The number of phenols is 1. The number of hydrogen-bond donors (Lipinski definition) is 2. The predicted octanol–water partition coefficient (Wildman–Crippen LogP) is 3.12. The van der Waals surface area contributed by atoms with Crippen molar-refractivity contribution in [3.8, 4) is 5.75 Å². The fraction of sp³-hybridized carbons (Fsp3) is 0.500. The smallest absolute Gasteiger partial charge is 0.235 e. The van der Waals surface area contributed by atoms with Gasteiger partial charge in [-0.3, -0.25) is 4.72 Å². The second kappa shape index (κ2) is 6.51. The molecule has 1 aliphatic heterocycles. The Bertz CT molecular complexity index is 564. The average Bonchev–Trinajstić information content (AvgIpc) is 2.34. The molecule has 1 aromatic carbocycles. The van der Waals surface area contributed by atoms with E-state index < -0.39 is 10.0 Å². The van der Waals surface area contributed by atoms with Gasteiger partial charge in [-0.05, 0) is 31.4 Å². The lowest BCUT2D eigenvalue weighted by molar-refractivity contribution is 0.0306. The minimum absolute atomic E-state index is 0.00863. The van der Waals surface area contributed by atoms with Gasteiger partial charge in [0.15, 0.2) is 0 Å². The molecule has 20 heavy (non-hydrogen) atoms. The third-order valence-electron chi connectivity index (χ3n) is 2.97. The van der Waals surface area contributed by atoms with Crippen LogP contribution in [0.3, 0.4) is 0 Å². The quantitative estimate of drug-likeness (QED) is 0.782. The van der Waals surface area contributed by atoms with Crippen LogP contribution in [0, 0.1) is 0 Å². The topological polar surface area (TPSA) is 75.6 Å². The van der Waals surface area contributed by atoms with Crippen molar-refractivity contribution in [2.75, 3.05) is 17.1 Å². The van der Waals surface area contributed by atoms with E-state index in [9.17, 15) is 13.5 Å². The van der Waals surface area contributed by atoms with Gasteiger partial charge in [0, 0.05) is 11.1 Å². The van der Waals surface area contributed by atoms with Gasteiger partial charge in [0.1, 0.15) is 11.4 Å². The van der Waals surface area contributed by atoms with Gasteiger partial charge in [0.2, 0.25) is 10.0 Å². The summed E-state index contributed by atoms with van der Waals surface area (Å²) >= 11 is 9.10. The minimum Gasteiger partial charge on any atom is -0.506 e. The largest absolute Gasteiger partial charge is 0.506 e. The molecule has 1 atom stereocenters. The Morgan fingerprint density at radius 3 is 2.80 bits per heavy atom. The van der Waals surface area contributed by atoms with Crippen molar-refractivity contribution >= 4 is 43.2 Å². The lowest BCUT2D eigenvalue weighted by Crippen LogP contribution is -2.31. The van der Waals surface area contributed by atoms with E-state index in [0.717, 1.165) is 19.3 Å². The van der Waals surface area contributed by atoms with E-state index in [2.05, 4.69) is 20.7 Å². The third-order valence-corrected chi connectivity index (χ3v) is 5.05. The molecule has 2 rings (SSSR count). The zero-order valence-corrected chi connectivity index (χ0v) is 13.8. The van der Waals surface area contributed by atoms with Gasteiger partial charge in [-0.2, -0.15) is 0 Å². The average molecular weight is 385 g/mol. The van der Waals surface area contributed by atoms with E-state index >= 15 is 0 Å². The van der Waals surface area contributed by atoms with Crippen LogP contribution in [0.2, 0.25) is 5.02 Å². The molecule has 0 aliphatic carbocycles. The normalized spacial score (nSPS) is 19.8. The Balaban J connectivity index is 2.11. The molecule has 0 saturated carbocycles. The number of hydrogen-bond acceptors (Lipinski definition) is 4. The first kappa shape index (κ1) is 15.9. The first-order chi connectivity index (χ1) is 9.37. The number of sulfonamides is 1. The Kier molecular flexibility index (Phi) is 5.17. The van der Waals surface area contributed by atoms with Gasteiger partial charge >= 0.3 is 0 Å². The van der Waals surface area contributed by atoms with Crippen LogP contribution in [0.1, 0.15) is 19.3 Å². The van der Waals surface area contributed by atoms with E-state index in [1.54, 1.807) is 0 Å². The molecule has 0 radical (unpaired) electrons. The Labute approximate surface area is 131 Å². The Hall–Kier alpha value is -0.500. The van der Waals surface area contributed by atoms with Gasteiger partial charge in [0.25, 0.3) is 0 Å². The van der Waals surface area contributed by atoms with E-state index in [-0.39, 0.29) is 28.3 Å². The summed E-state index contributed by atoms with van der Waals surface area (Å²) in [7, 11) is -3.63. The summed E-state index contributed by atoms with van der Waals surface area (Å²) < 4.78 is 32.5. The monoisotopic (exact) mass is 383 g/mol. The van der Waals surface area contributed by atoms with Crippen LogP contribution < -0.4 is 4.72 Å². The number of phenolic OH excluding ortho intramolecular Hbond substituents is 1. The molecule has 0 spiro atoms. The summed E-state index contributed by atoms with van der Waals surface area (Å²) in [6.07, 6.45) is 2.34. The molecular formula is C12H15BrClNO4S. The van der Waals surface area contributed by atoms with Crippen molar-refractivity contribution in [1.82, 2.24) is 0 Å². The highest BCUT2D eigenvalue weighted by molar-refractivity contribution is 9.10. The summed E-state index contributed by atoms with van der Waals surface area (Å²) in [5.74, 6) is -0.365. The third kappa shape index (κ3) is 4.25. The van der Waals surface area contributed by atoms with Crippen LogP contribution in [0.5, 0.6) is 5.75 Å². The highest BCUT2D eigenvalue weighted by atomic mass is 79.9. The molecule has 5 nitrogen and oxygen atoms in total. The first-order valence-corrected chi connectivity index (χ1v) is 9.00. The van der Waals surface area contributed by atoms with Crippen LogP contribution in [-0.2, 0) is 14.8 Å². The molecule has 1 aromatic rings. The number of benzene rings is 1. The van der Waals surface area contributed by atoms with Crippen LogP contribution in [0.15, 0.2) is 16.6 Å². The van der Waals surface area contributed by atoms with Crippen molar-refractivity contribution in [2.24, 2.45) is 0 Å². The van der Waals surface area contributed by atoms with Crippen LogP contribution in [-0.4, -0.2) is 32.0 Å². The number of aromatic hydroxyl groups is 1. The summed E-state index contributed by atoms with van der Waals surface area (Å²) in [4.78, 5) is 0. The molecule has 2 N–H and O–H groups in total. The fourth-order valence-electron chi connectivity index (χ4n) is 2.04. The highest BCUT2D eigenvalue weighted by Crippen LogP contribution is 2.35. The lowest BCUT2D eigenvalue weighted by atomic mass is 10.1. The maximum atomic E-state index is 12.1. The fourth-order valence-corrected chi connectivity index (χ4v) is 4.30. The molecule has 8 heteroatoms. The second-order valence-electron chi connectivity index (χ2n) is 4.65. The van der Waals surface area contributed by atoms with Crippen molar-refractivity contribution in [3.63, 3.8) is 0 Å². The van der Waals surface area contributed by atoms with Gasteiger partial charge in [-0.25, -0.2) is 8.42 Å². The minimum atomic E-state index is -3.63. The molecule has 1 heterocycles. The van der Waals surface area contributed by atoms with Crippen LogP contribution >= 0.6 is 27.5 Å². The number of rotatable bonds is 4. The molecule has 112 valence electrons. The SMILES string of the molecule is O=S(=O)(CC1CCCCO1)Nc1c(O)cc(Br)cc1Cl. The maximum Gasteiger partial charge on any atom is 0.235 e.